The van der Waals surface area contributed by atoms with Crippen LogP contribution in [0, 0.1) is 6.92 Å². The van der Waals surface area contributed by atoms with Crippen LogP contribution in [0.2, 0.25) is 0 Å². The Morgan fingerprint density at radius 2 is 2.18 bits per heavy atom. The second kappa shape index (κ2) is 4.75. The SMILES string of the molecule is COC1CC(NC(=O)c2ccc(C)c(O)c2)C1. The van der Waals surface area contributed by atoms with Crippen molar-refractivity contribution in [3.63, 3.8) is 0 Å². The Bertz CT molecular complexity index is 425. The quantitative estimate of drug-likeness (QED) is 0.836. The number of hydrogen-bond donors (Lipinski definition) is 2. The molecule has 0 spiro atoms. The Labute approximate surface area is 101 Å². The van der Waals surface area contributed by atoms with Crippen LogP contribution in [0.15, 0.2) is 18.2 Å². The molecule has 0 heterocycles. The standard InChI is InChI=1S/C13H17NO3/c1-8-3-4-9(5-12(8)15)13(16)14-10-6-11(7-10)17-2/h3-5,10-11,15H,6-7H2,1-2H3,(H,14,16). The molecule has 17 heavy (non-hydrogen) atoms. The fourth-order valence-electron chi connectivity index (χ4n) is 1.90. The molecule has 0 saturated heterocycles. The maximum absolute atomic E-state index is 11.8. The van der Waals surface area contributed by atoms with Crippen molar-refractivity contribution in [1.29, 1.82) is 0 Å². The van der Waals surface area contributed by atoms with E-state index in [1.807, 2.05) is 0 Å². The smallest absolute Gasteiger partial charge is 0.251 e. The van der Waals surface area contributed by atoms with Gasteiger partial charge < -0.3 is 15.2 Å². The summed E-state index contributed by atoms with van der Waals surface area (Å²) >= 11 is 0. The first-order chi connectivity index (χ1) is 8.10. The highest BCUT2D eigenvalue weighted by Gasteiger charge is 2.30. The van der Waals surface area contributed by atoms with Crippen molar-refractivity contribution in [2.24, 2.45) is 0 Å². The third-order valence-electron chi connectivity index (χ3n) is 3.23. The van der Waals surface area contributed by atoms with Gasteiger partial charge >= 0.3 is 0 Å². The first-order valence-electron chi connectivity index (χ1n) is 5.73. The number of hydrogen-bond acceptors (Lipinski definition) is 3. The lowest BCUT2D eigenvalue weighted by Crippen LogP contribution is -2.47. The fourth-order valence-corrected chi connectivity index (χ4v) is 1.90. The number of rotatable bonds is 3. The summed E-state index contributed by atoms with van der Waals surface area (Å²) in [7, 11) is 1.68. The van der Waals surface area contributed by atoms with Crippen molar-refractivity contribution in [1.82, 2.24) is 5.32 Å². The maximum atomic E-state index is 11.8. The van der Waals surface area contributed by atoms with Gasteiger partial charge in [0.15, 0.2) is 0 Å². The first kappa shape index (κ1) is 11.9. The minimum Gasteiger partial charge on any atom is -0.508 e. The van der Waals surface area contributed by atoms with E-state index in [4.69, 9.17) is 4.74 Å². The predicted octanol–water partition coefficient (Wildman–Crippen LogP) is 1.61. The van der Waals surface area contributed by atoms with Crippen molar-refractivity contribution in [2.45, 2.75) is 31.9 Å². The van der Waals surface area contributed by atoms with Crippen LogP contribution >= 0.6 is 0 Å². The highest BCUT2D eigenvalue weighted by molar-refractivity contribution is 5.94. The van der Waals surface area contributed by atoms with E-state index in [1.165, 1.54) is 6.07 Å². The van der Waals surface area contributed by atoms with Gasteiger partial charge in [-0.3, -0.25) is 4.79 Å². The van der Waals surface area contributed by atoms with Crippen LogP contribution in [-0.4, -0.2) is 30.3 Å². The number of carbonyl (C=O) groups is 1. The van der Waals surface area contributed by atoms with E-state index >= 15 is 0 Å². The van der Waals surface area contributed by atoms with Crippen LogP contribution in [0.25, 0.3) is 0 Å². The van der Waals surface area contributed by atoms with Gasteiger partial charge in [-0.15, -0.1) is 0 Å². The Hall–Kier alpha value is -1.55. The minimum absolute atomic E-state index is 0.139. The minimum atomic E-state index is -0.139. The molecule has 92 valence electrons. The topological polar surface area (TPSA) is 58.6 Å². The summed E-state index contributed by atoms with van der Waals surface area (Å²) < 4.78 is 5.15. The van der Waals surface area contributed by atoms with Crippen LogP contribution in [0.5, 0.6) is 5.75 Å². The van der Waals surface area contributed by atoms with Crippen LogP contribution in [0.1, 0.15) is 28.8 Å². The maximum Gasteiger partial charge on any atom is 0.251 e. The summed E-state index contributed by atoms with van der Waals surface area (Å²) in [6, 6.07) is 5.15. The van der Waals surface area contributed by atoms with Gasteiger partial charge in [-0.1, -0.05) is 6.07 Å². The normalized spacial score (nSPS) is 22.9. The van der Waals surface area contributed by atoms with Gasteiger partial charge in [0.1, 0.15) is 5.75 Å². The van der Waals surface area contributed by atoms with Crippen LogP contribution in [0.3, 0.4) is 0 Å². The number of carbonyl (C=O) groups excluding carboxylic acids is 1. The number of aromatic hydroxyl groups is 1. The van der Waals surface area contributed by atoms with Gasteiger partial charge in [0.25, 0.3) is 5.91 Å². The molecule has 0 atom stereocenters. The fraction of sp³-hybridized carbons (Fsp3) is 0.462. The number of aryl methyl sites for hydroxylation is 1. The van der Waals surface area contributed by atoms with Gasteiger partial charge in [-0.05, 0) is 37.5 Å². The number of phenolic OH excluding ortho intramolecular Hbond substituents is 1. The van der Waals surface area contributed by atoms with Crippen molar-refractivity contribution < 1.29 is 14.6 Å². The van der Waals surface area contributed by atoms with Crippen molar-refractivity contribution in [2.75, 3.05) is 7.11 Å². The molecule has 1 fully saturated rings. The summed E-state index contributed by atoms with van der Waals surface area (Å²) in [5, 5.41) is 12.4. The summed E-state index contributed by atoms with van der Waals surface area (Å²) in [4.78, 5) is 11.8. The van der Waals surface area contributed by atoms with Gasteiger partial charge in [-0.2, -0.15) is 0 Å². The second-order valence-corrected chi connectivity index (χ2v) is 4.50. The number of amides is 1. The van der Waals surface area contributed by atoms with Crippen LogP contribution < -0.4 is 5.32 Å². The molecular formula is C13H17NO3. The number of nitrogens with one attached hydrogen (secondary N) is 1. The van der Waals surface area contributed by atoms with E-state index in [-0.39, 0.29) is 23.8 Å². The van der Waals surface area contributed by atoms with Crippen molar-refractivity contribution >= 4 is 5.91 Å². The van der Waals surface area contributed by atoms with Crippen LogP contribution in [-0.2, 0) is 4.74 Å². The van der Waals surface area contributed by atoms with Gasteiger partial charge in [0.05, 0.1) is 6.10 Å². The van der Waals surface area contributed by atoms with E-state index in [0.29, 0.717) is 5.56 Å². The van der Waals surface area contributed by atoms with E-state index < -0.39 is 0 Å². The molecule has 1 saturated carbocycles. The molecule has 1 aliphatic carbocycles. The Kier molecular flexibility index (Phi) is 3.33. The average molecular weight is 235 g/mol. The Morgan fingerprint density at radius 3 is 2.76 bits per heavy atom. The zero-order chi connectivity index (χ0) is 12.4. The zero-order valence-corrected chi connectivity index (χ0v) is 10.1. The van der Waals surface area contributed by atoms with Crippen molar-refractivity contribution in [3.05, 3.63) is 29.3 Å². The molecule has 1 aliphatic rings. The number of benzene rings is 1. The van der Waals surface area contributed by atoms with E-state index in [0.717, 1.165) is 18.4 Å². The van der Waals surface area contributed by atoms with Gasteiger partial charge in [0, 0.05) is 18.7 Å². The average Bonchev–Trinajstić information content (AvgIpc) is 2.26. The van der Waals surface area contributed by atoms with E-state index in [2.05, 4.69) is 5.32 Å². The molecule has 0 bridgehead atoms. The largest absolute Gasteiger partial charge is 0.508 e. The molecular weight excluding hydrogens is 218 g/mol. The zero-order valence-electron chi connectivity index (χ0n) is 10.1. The molecule has 2 rings (SSSR count). The third-order valence-corrected chi connectivity index (χ3v) is 3.23. The Morgan fingerprint density at radius 1 is 1.47 bits per heavy atom. The molecule has 0 unspecified atom stereocenters. The number of methoxy groups -OCH3 is 1. The molecule has 1 aromatic carbocycles. The summed E-state index contributed by atoms with van der Waals surface area (Å²) in [6.07, 6.45) is 1.99. The second-order valence-electron chi connectivity index (χ2n) is 4.50. The molecule has 0 radical (unpaired) electrons. The molecule has 2 N–H and O–H groups in total. The molecule has 4 nitrogen and oxygen atoms in total. The molecule has 0 aliphatic heterocycles. The predicted molar refractivity (Wildman–Crippen MR) is 64.1 cm³/mol. The van der Waals surface area contributed by atoms with Gasteiger partial charge in [-0.25, -0.2) is 0 Å². The lowest BCUT2D eigenvalue weighted by atomic mass is 9.89. The summed E-state index contributed by atoms with van der Waals surface area (Å²) in [6.45, 7) is 1.80. The van der Waals surface area contributed by atoms with E-state index in [9.17, 15) is 9.90 Å². The number of phenols is 1. The molecule has 1 amide bonds. The highest BCUT2D eigenvalue weighted by atomic mass is 16.5. The van der Waals surface area contributed by atoms with E-state index in [1.54, 1.807) is 26.2 Å². The molecule has 0 aromatic heterocycles. The van der Waals surface area contributed by atoms with Gasteiger partial charge in [0.2, 0.25) is 0 Å². The third kappa shape index (κ3) is 2.58. The summed E-state index contributed by atoms with van der Waals surface area (Å²) in [5.74, 6) is 0.0147. The lowest BCUT2D eigenvalue weighted by molar-refractivity contribution is 0.0176. The monoisotopic (exact) mass is 235 g/mol. The molecule has 4 heteroatoms. The Balaban J connectivity index is 1.94. The van der Waals surface area contributed by atoms with Crippen molar-refractivity contribution in [3.8, 4) is 5.75 Å². The molecule has 1 aromatic rings. The highest BCUT2D eigenvalue weighted by Crippen LogP contribution is 2.23. The lowest BCUT2D eigenvalue weighted by Gasteiger charge is -2.34. The number of ether oxygens (including phenoxy) is 1. The van der Waals surface area contributed by atoms with Crippen LogP contribution in [0.4, 0.5) is 0 Å². The first-order valence-corrected chi connectivity index (χ1v) is 5.73. The summed E-state index contributed by atoms with van der Waals surface area (Å²) in [5.41, 5.74) is 1.26.